The second-order valence-electron chi connectivity index (χ2n) is 6.86. The Bertz CT molecular complexity index is 1220. The summed E-state index contributed by atoms with van der Waals surface area (Å²) in [5.74, 6) is 0. The molecule has 0 atom stereocenters. The summed E-state index contributed by atoms with van der Waals surface area (Å²) in [4.78, 5) is 6.60. The van der Waals surface area contributed by atoms with Crippen LogP contribution in [0.15, 0.2) is 94.9 Å². The number of aromatic nitrogens is 1. The molecule has 31 heavy (non-hydrogen) atoms. The third-order valence-corrected chi connectivity index (χ3v) is 8.13. The van der Waals surface area contributed by atoms with Crippen molar-refractivity contribution in [2.24, 2.45) is 0 Å². The zero-order valence-electron chi connectivity index (χ0n) is 16.3. The first-order chi connectivity index (χ1) is 14.9. The van der Waals surface area contributed by atoms with Gasteiger partial charge in [0.2, 0.25) is 9.84 Å². The van der Waals surface area contributed by atoms with Gasteiger partial charge in [-0.25, -0.2) is 13.4 Å². The van der Waals surface area contributed by atoms with E-state index in [1.807, 2.05) is 65.6 Å². The SMILES string of the molecule is O=S(=O)(c1ccc(Cl)cc1)c1nc(N(Cc2ccccc2)Cc2ccccc2)sc1Cl. The van der Waals surface area contributed by atoms with Crippen molar-refractivity contribution in [2.75, 3.05) is 4.90 Å². The number of rotatable bonds is 7. The number of sulfone groups is 1. The molecule has 4 nitrogen and oxygen atoms in total. The molecule has 0 saturated heterocycles. The van der Waals surface area contributed by atoms with Crippen LogP contribution in [0.5, 0.6) is 0 Å². The molecule has 4 rings (SSSR count). The Morgan fingerprint density at radius 1 is 0.774 bits per heavy atom. The molecule has 0 unspecified atom stereocenters. The summed E-state index contributed by atoms with van der Waals surface area (Å²) < 4.78 is 26.4. The van der Waals surface area contributed by atoms with Gasteiger partial charge in [0.1, 0.15) is 4.34 Å². The van der Waals surface area contributed by atoms with Crippen LogP contribution >= 0.6 is 34.5 Å². The predicted octanol–water partition coefficient (Wildman–Crippen LogP) is 6.49. The lowest BCUT2D eigenvalue weighted by Gasteiger charge is -2.22. The summed E-state index contributed by atoms with van der Waals surface area (Å²) >= 11 is 13.4. The zero-order valence-corrected chi connectivity index (χ0v) is 19.4. The number of thiazole rings is 1. The quantitative estimate of drug-likeness (QED) is 0.298. The molecule has 0 bridgehead atoms. The van der Waals surface area contributed by atoms with Crippen LogP contribution in [0.3, 0.4) is 0 Å². The molecule has 0 fully saturated rings. The maximum atomic E-state index is 13.1. The van der Waals surface area contributed by atoms with Gasteiger partial charge in [0.15, 0.2) is 10.2 Å². The van der Waals surface area contributed by atoms with Crippen LogP contribution in [0.1, 0.15) is 11.1 Å². The Hall–Kier alpha value is -2.38. The van der Waals surface area contributed by atoms with Crippen molar-refractivity contribution in [1.82, 2.24) is 4.98 Å². The van der Waals surface area contributed by atoms with Crippen LogP contribution in [-0.2, 0) is 22.9 Å². The average Bonchev–Trinajstić information content (AvgIpc) is 3.17. The second-order valence-corrected chi connectivity index (χ2v) is 10.7. The highest BCUT2D eigenvalue weighted by atomic mass is 35.5. The van der Waals surface area contributed by atoms with Crippen LogP contribution in [0.25, 0.3) is 0 Å². The van der Waals surface area contributed by atoms with E-state index in [9.17, 15) is 8.42 Å². The van der Waals surface area contributed by atoms with E-state index in [4.69, 9.17) is 23.2 Å². The molecule has 1 aromatic heterocycles. The minimum atomic E-state index is -3.86. The largest absolute Gasteiger partial charge is 0.339 e. The van der Waals surface area contributed by atoms with Gasteiger partial charge in [0.25, 0.3) is 0 Å². The molecule has 0 aliphatic carbocycles. The van der Waals surface area contributed by atoms with E-state index < -0.39 is 9.84 Å². The van der Waals surface area contributed by atoms with Crippen molar-refractivity contribution in [1.29, 1.82) is 0 Å². The van der Waals surface area contributed by atoms with Crippen molar-refractivity contribution < 1.29 is 8.42 Å². The first-order valence-corrected chi connectivity index (χ1v) is 12.5. The van der Waals surface area contributed by atoms with E-state index in [1.165, 1.54) is 24.3 Å². The van der Waals surface area contributed by atoms with Gasteiger partial charge in [-0.1, -0.05) is 95.2 Å². The smallest absolute Gasteiger partial charge is 0.226 e. The van der Waals surface area contributed by atoms with Gasteiger partial charge in [0, 0.05) is 18.1 Å². The Balaban J connectivity index is 1.71. The monoisotopic (exact) mass is 488 g/mol. The van der Waals surface area contributed by atoms with E-state index >= 15 is 0 Å². The van der Waals surface area contributed by atoms with Crippen LogP contribution in [-0.4, -0.2) is 13.4 Å². The number of anilines is 1. The lowest BCUT2D eigenvalue weighted by molar-refractivity contribution is 0.593. The summed E-state index contributed by atoms with van der Waals surface area (Å²) in [6.45, 7) is 1.14. The Labute approximate surface area is 195 Å². The fraction of sp³-hybridized carbons (Fsp3) is 0.0870. The lowest BCUT2D eigenvalue weighted by atomic mass is 10.2. The summed E-state index contributed by atoms with van der Waals surface area (Å²) in [5.41, 5.74) is 2.18. The molecule has 4 aromatic rings. The van der Waals surface area contributed by atoms with Crippen LogP contribution < -0.4 is 4.90 Å². The van der Waals surface area contributed by atoms with Crippen molar-refractivity contribution in [2.45, 2.75) is 23.0 Å². The molecule has 8 heteroatoms. The van der Waals surface area contributed by atoms with Crippen LogP contribution in [0, 0.1) is 0 Å². The molecule has 1 heterocycles. The Morgan fingerprint density at radius 2 is 1.29 bits per heavy atom. The predicted molar refractivity (Wildman–Crippen MR) is 127 cm³/mol. The number of halogens is 2. The van der Waals surface area contributed by atoms with Gasteiger partial charge in [-0.05, 0) is 35.4 Å². The number of hydrogen-bond acceptors (Lipinski definition) is 5. The van der Waals surface area contributed by atoms with Gasteiger partial charge in [0.05, 0.1) is 4.90 Å². The normalized spacial score (nSPS) is 11.4. The lowest BCUT2D eigenvalue weighted by Crippen LogP contribution is -2.22. The van der Waals surface area contributed by atoms with E-state index in [-0.39, 0.29) is 14.3 Å². The maximum absolute atomic E-state index is 13.1. The van der Waals surface area contributed by atoms with Gasteiger partial charge >= 0.3 is 0 Å². The van der Waals surface area contributed by atoms with Crippen molar-refractivity contribution in [3.63, 3.8) is 0 Å². The molecule has 0 spiro atoms. The molecular weight excluding hydrogens is 471 g/mol. The van der Waals surface area contributed by atoms with E-state index in [0.717, 1.165) is 22.5 Å². The van der Waals surface area contributed by atoms with E-state index in [0.29, 0.717) is 23.2 Å². The standard InChI is InChI=1S/C23H18Cl2N2O2S2/c24-19-11-13-20(14-12-19)31(28,29)22-21(25)30-23(26-22)27(15-17-7-3-1-4-8-17)16-18-9-5-2-6-10-18/h1-14H,15-16H2. The average molecular weight is 489 g/mol. The van der Waals surface area contributed by atoms with Gasteiger partial charge in [-0.15, -0.1) is 0 Å². The van der Waals surface area contributed by atoms with Gasteiger partial charge in [-0.3, -0.25) is 0 Å². The van der Waals surface area contributed by atoms with E-state index in [2.05, 4.69) is 4.98 Å². The summed E-state index contributed by atoms with van der Waals surface area (Å²) in [6.07, 6.45) is 0. The van der Waals surface area contributed by atoms with E-state index in [1.54, 1.807) is 0 Å². The highest BCUT2D eigenvalue weighted by Gasteiger charge is 2.27. The number of hydrogen-bond donors (Lipinski definition) is 0. The van der Waals surface area contributed by atoms with Crippen LogP contribution in [0.4, 0.5) is 5.13 Å². The molecule has 0 amide bonds. The molecule has 0 aliphatic rings. The fourth-order valence-electron chi connectivity index (χ4n) is 3.10. The van der Waals surface area contributed by atoms with Gasteiger partial charge in [-0.2, -0.15) is 0 Å². The topological polar surface area (TPSA) is 50.3 Å². The second kappa shape index (κ2) is 9.40. The van der Waals surface area contributed by atoms with Crippen molar-refractivity contribution in [3.05, 3.63) is 105 Å². The number of nitrogens with zero attached hydrogens (tertiary/aromatic N) is 2. The summed E-state index contributed by atoms with van der Waals surface area (Å²) in [5, 5.41) is 0.869. The molecular formula is C23H18Cl2N2O2S2. The number of benzene rings is 3. The highest BCUT2D eigenvalue weighted by molar-refractivity contribution is 7.91. The Morgan fingerprint density at radius 3 is 1.81 bits per heavy atom. The highest BCUT2D eigenvalue weighted by Crippen LogP contribution is 2.37. The zero-order chi connectivity index (χ0) is 21.8. The molecule has 158 valence electrons. The maximum Gasteiger partial charge on any atom is 0.226 e. The molecule has 0 N–H and O–H groups in total. The third kappa shape index (κ3) is 5.10. The Kier molecular flexibility index (Phi) is 6.62. The van der Waals surface area contributed by atoms with Gasteiger partial charge < -0.3 is 4.90 Å². The molecule has 0 saturated carbocycles. The third-order valence-electron chi connectivity index (χ3n) is 4.63. The summed E-state index contributed by atoms with van der Waals surface area (Å²) in [6, 6.07) is 25.9. The summed E-state index contributed by atoms with van der Waals surface area (Å²) in [7, 11) is -3.86. The first-order valence-electron chi connectivity index (χ1n) is 9.43. The molecule has 0 aliphatic heterocycles. The minimum absolute atomic E-state index is 0.105. The molecule has 3 aromatic carbocycles. The molecule has 0 radical (unpaired) electrons. The van der Waals surface area contributed by atoms with Crippen LogP contribution in [0.2, 0.25) is 9.36 Å². The minimum Gasteiger partial charge on any atom is -0.339 e. The fourth-order valence-corrected chi connectivity index (χ4v) is 6.12. The van der Waals surface area contributed by atoms with Crippen molar-refractivity contribution >= 4 is 49.5 Å². The van der Waals surface area contributed by atoms with Crippen molar-refractivity contribution in [3.8, 4) is 0 Å². The first kappa shape index (κ1) is 21.8.